The third-order valence-electron chi connectivity index (χ3n) is 3.15. The van der Waals surface area contributed by atoms with E-state index in [9.17, 15) is 4.79 Å². The van der Waals surface area contributed by atoms with Crippen LogP contribution in [0.25, 0.3) is 10.9 Å². The molecule has 0 amide bonds. The second kappa shape index (κ2) is 4.82. The number of aromatic nitrogens is 1. The van der Waals surface area contributed by atoms with Crippen molar-refractivity contribution in [3.63, 3.8) is 0 Å². The average molecular weight is 246 g/mol. The normalized spacial score (nSPS) is 10.9. The molecule has 1 aromatic carbocycles. The van der Waals surface area contributed by atoms with Crippen LogP contribution in [0.15, 0.2) is 12.1 Å². The molecule has 96 valence electrons. The Hall–Kier alpha value is -1.81. The van der Waals surface area contributed by atoms with Crippen LogP contribution in [0.4, 0.5) is 0 Å². The van der Waals surface area contributed by atoms with Crippen molar-refractivity contribution in [3.05, 3.63) is 29.0 Å². The molecule has 0 saturated heterocycles. The summed E-state index contributed by atoms with van der Waals surface area (Å²) in [5.41, 5.74) is 3.62. The topological polar surface area (TPSA) is 54.1 Å². The molecule has 1 aromatic heterocycles. The Labute approximate surface area is 106 Å². The van der Waals surface area contributed by atoms with Gasteiger partial charge in [0, 0.05) is 16.6 Å². The van der Waals surface area contributed by atoms with Crippen molar-refractivity contribution >= 4 is 16.7 Å². The Morgan fingerprint density at radius 1 is 1.39 bits per heavy atom. The van der Waals surface area contributed by atoms with E-state index in [1.54, 1.807) is 14.2 Å². The zero-order valence-corrected chi connectivity index (χ0v) is 11.2. The summed E-state index contributed by atoms with van der Waals surface area (Å²) < 4.78 is 5.33. The molecule has 0 atom stereocenters. The highest BCUT2D eigenvalue weighted by Crippen LogP contribution is 2.32. The van der Waals surface area contributed by atoms with Crippen LogP contribution in [-0.2, 0) is 0 Å². The van der Waals surface area contributed by atoms with E-state index < -0.39 is 0 Å². The number of Topliss-reactive ketones (excluding diaryl/α,β-unsaturated/α-hetero) is 1. The van der Waals surface area contributed by atoms with E-state index in [0.29, 0.717) is 6.54 Å². The number of hydrogen-bond donors (Lipinski definition) is 2. The van der Waals surface area contributed by atoms with Crippen molar-refractivity contribution in [1.82, 2.24) is 10.3 Å². The molecule has 0 fully saturated rings. The first-order chi connectivity index (χ1) is 8.60. The zero-order valence-electron chi connectivity index (χ0n) is 11.2. The highest BCUT2D eigenvalue weighted by molar-refractivity contribution is 6.12. The molecule has 2 N–H and O–H groups in total. The van der Waals surface area contributed by atoms with E-state index >= 15 is 0 Å². The van der Waals surface area contributed by atoms with Crippen LogP contribution in [0, 0.1) is 13.8 Å². The largest absolute Gasteiger partial charge is 0.495 e. The van der Waals surface area contributed by atoms with E-state index in [-0.39, 0.29) is 5.78 Å². The van der Waals surface area contributed by atoms with Crippen molar-refractivity contribution in [1.29, 1.82) is 0 Å². The minimum atomic E-state index is 0.0950. The fourth-order valence-electron chi connectivity index (χ4n) is 2.34. The van der Waals surface area contributed by atoms with Crippen molar-refractivity contribution in [2.24, 2.45) is 0 Å². The number of H-pyrrole nitrogens is 1. The van der Waals surface area contributed by atoms with Gasteiger partial charge in [-0.15, -0.1) is 0 Å². The SMILES string of the molecule is CNCC(=O)c1c(C)[nH]c2c(OC)ccc(C)c12. The molecule has 0 radical (unpaired) electrons. The monoisotopic (exact) mass is 246 g/mol. The van der Waals surface area contributed by atoms with Gasteiger partial charge in [0.05, 0.1) is 19.2 Å². The lowest BCUT2D eigenvalue weighted by Gasteiger charge is -2.05. The van der Waals surface area contributed by atoms with Gasteiger partial charge in [0.15, 0.2) is 5.78 Å². The van der Waals surface area contributed by atoms with Gasteiger partial charge >= 0.3 is 0 Å². The molecule has 18 heavy (non-hydrogen) atoms. The number of ether oxygens (including phenoxy) is 1. The standard InChI is InChI=1S/C14H18N2O2/c1-8-5-6-11(18-4)14-12(8)13(9(2)16-14)10(17)7-15-3/h5-6,15-16H,7H2,1-4H3. The Bertz CT molecular complexity index is 599. The first-order valence-electron chi connectivity index (χ1n) is 5.93. The summed E-state index contributed by atoms with van der Waals surface area (Å²) in [6.07, 6.45) is 0. The molecule has 4 heteroatoms. The second-order valence-corrected chi connectivity index (χ2v) is 4.41. The van der Waals surface area contributed by atoms with Crippen molar-refractivity contribution in [2.75, 3.05) is 20.7 Å². The van der Waals surface area contributed by atoms with Crippen LogP contribution >= 0.6 is 0 Å². The molecule has 0 aliphatic heterocycles. The minimum Gasteiger partial charge on any atom is -0.495 e. The second-order valence-electron chi connectivity index (χ2n) is 4.41. The number of methoxy groups -OCH3 is 1. The van der Waals surface area contributed by atoms with Gasteiger partial charge in [0.25, 0.3) is 0 Å². The molecule has 0 spiro atoms. The van der Waals surface area contributed by atoms with Crippen molar-refractivity contribution in [2.45, 2.75) is 13.8 Å². The third-order valence-corrected chi connectivity index (χ3v) is 3.15. The minimum absolute atomic E-state index is 0.0950. The van der Waals surface area contributed by atoms with Crippen LogP contribution in [0.1, 0.15) is 21.6 Å². The number of aromatic amines is 1. The number of hydrogen-bond acceptors (Lipinski definition) is 3. The molecule has 0 saturated carbocycles. The molecule has 4 nitrogen and oxygen atoms in total. The van der Waals surface area contributed by atoms with Crippen LogP contribution < -0.4 is 10.1 Å². The van der Waals surface area contributed by atoms with Crippen LogP contribution in [0.5, 0.6) is 5.75 Å². The Morgan fingerprint density at radius 2 is 2.11 bits per heavy atom. The van der Waals surface area contributed by atoms with E-state index in [1.165, 1.54) is 0 Å². The number of fused-ring (bicyclic) bond motifs is 1. The van der Waals surface area contributed by atoms with Crippen molar-refractivity contribution < 1.29 is 9.53 Å². The molecule has 1 heterocycles. The summed E-state index contributed by atoms with van der Waals surface area (Å²) in [6, 6.07) is 3.89. The summed E-state index contributed by atoms with van der Waals surface area (Å²) in [6.45, 7) is 4.26. The van der Waals surface area contributed by atoms with E-state index in [2.05, 4.69) is 10.3 Å². The van der Waals surface area contributed by atoms with Gasteiger partial charge in [0.1, 0.15) is 5.75 Å². The van der Waals surface area contributed by atoms with E-state index in [0.717, 1.165) is 33.5 Å². The number of likely N-dealkylation sites (N-methyl/N-ethyl adjacent to an activating group) is 1. The number of benzene rings is 1. The summed E-state index contributed by atoms with van der Waals surface area (Å²) in [5, 5.41) is 3.87. The summed E-state index contributed by atoms with van der Waals surface area (Å²) in [7, 11) is 3.41. The van der Waals surface area contributed by atoms with Gasteiger partial charge in [0.2, 0.25) is 0 Å². The first kappa shape index (κ1) is 12.6. The molecule has 2 rings (SSSR count). The summed E-state index contributed by atoms with van der Waals surface area (Å²) in [4.78, 5) is 15.4. The van der Waals surface area contributed by atoms with Crippen LogP contribution in [-0.4, -0.2) is 31.5 Å². The smallest absolute Gasteiger partial charge is 0.179 e. The van der Waals surface area contributed by atoms with Gasteiger partial charge in [-0.2, -0.15) is 0 Å². The molecule has 0 bridgehead atoms. The average Bonchev–Trinajstić information content (AvgIpc) is 2.68. The quantitative estimate of drug-likeness (QED) is 0.813. The number of aryl methyl sites for hydroxylation is 2. The van der Waals surface area contributed by atoms with Gasteiger partial charge < -0.3 is 15.0 Å². The van der Waals surface area contributed by atoms with Crippen LogP contribution in [0.2, 0.25) is 0 Å². The zero-order chi connectivity index (χ0) is 13.3. The summed E-state index contributed by atoms with van der Waals surface area (Å²) in [5.74, 6) is 0.861. The lowest BCUT2D eigenvalue weighted by molar-refractivity contribution is 0.0994. The Morgan fingerprint density at radius 3 is 2.72 bits per heavy atom. The molecule has 0 unspecified atom stereocenters. The van der Waals surface area contributed by atoms with Gasteiger partial charge in [-0.1, -0.05) is 6.07 Å². The molecular formula is C14H18N2O2. The number of nitrogens with one attached hydrogen (secondary N) is 2. The highest BCUT2D eigenvalue weighted by Gasteiger charge is 2.19. The lowest BCUT2D eigenvalue weighted by Crippen LogP contribution is -2.19. The number of carbonyl (C=O) groups is 1. The van der Waals surface area contributed by atoms with E-state index in [4.69, 9.17) is 4.74 Å². The van der Waals surface area contributed by atoms with Gasteiger partial charge in [-0.25, -0.2) is 0 Å². The Kier molecular flexibility index (Phi) is 3.39. The maximum absolute atomic E-state index is 12.2. The fourth-order valence-corrected chi connectivity index (χ4v) is 2.34. The number of ketones is 1. The molecule has 0 aliphatic carbocycles. The maximum Gasteiger partial charge on any atom is 0.179 e. The van der Waals surface area contributed by atoms with Crippen LogP contribution in [0.3, 0.4) is 0 Å². The van der Waals surface area contributed by atoms with Gasteiger partial charge in [-0.05, 0) is 32.5 Å². The highest BCUT2D eigenvalue weighted by atomic mass is 16.5. The lowest BCUT2D eigenvalue weighted by atomic mass is 10.0. The molecule has 2 aromatic rings. The van der Waals surface area contributed by atoms with Gasteiger partial charge in [-0.3, -0.25) is 4.79 Å². The maximum atomic E-state index is 12.2. The fraction of sp³-hybridized carbons (Fsp3) is 0.357. The first-order valence-corrected chi connectivity index (χ1v) is 5.93. The third kappa shape index (κ3) is 1.88. The Balaban J connectivity index is 2.74. The molecular weight excluding hydrogens is 228 g/mol. The molecule has 0 aliphatic rings. The summed E-state index contributed by atoms with van der Waals surface area (Å²) >= 11 is 0. The number of carbonyl (C=O) groups excluding carboxylic acids is 1. The predicted octanol–water partition coefficient (Wildman–Crippen LogP) is 2.20. The number of rotatable bonds is 4. The van der Waals surface area contributed by atoms with Crippen molar-refractivity contribution in [3.8, 4) is 5.75 Å². The predicted molar refractivity (Wildman–Crippen MR) is 72.6 cm³/mol. The van der Waals surface area contributed by atoms with E-state index in [1.807, 2.05) is 26.0 Å².